The molecule has 0 bridgehead atoms. The summed E-state index contributed by atoms with van der Waals surface area (Å²) in [6.07, 6.45) is 6.78. The van der Waals surface area contributed by atoms with Crippen molar-refractivity contribution in [1.29, 1.82) is 0 Å². The first-order chi connectivity index (χ1) is 12.4. The number of likely N-dealkylation sites (tertiary alicyclic amines) is 1. The predicted molar refractivity (Wildman–Crippen MR) is 97.7 cm³/mol. The quantitative estimate of drug-likeness (QED) is 0.812. The van der Waals surface area contributed by atoms with Crippen LogP contribution >= 0.6 is 0 Å². The molecule has 3 heterocycles. The van der Waals surface area contributed by atoms with E-state index in [4.69, 9.17) is 9.47 Å². The van der Waals surface area contributed by atoms with E-state index in [1.807, 2.05) is 33.2 Å². The Labute approximate surface area is 155 Å². The average Bonchev–Trinajstić information content (AvgIpc) is 2.63. The number of ether oxygens (including phenoxy) is 2. The maximum atomic E-state index is 12.3. The van der Waals surface area contributed by atoms with E-state index in [-0.39, 0.29) is 6.09 Å². The minimum atomic E-state index is -0.463. The normalized spacial score (nSPS) is 20.0. The SMILES string of the molecule is CC(C)(C)OC(=O)N1CCC(N(c2cncnc2)N2CCOCC2)CC1. The van der Waals surface area contributed by atoms with E-state index in [0.29, 0.717) is 19.1 Å². The topological polar surface area (TPSA) is 71.0 Å². The van der Waals surface area contributed by atoms with Crippen molar-refractivity contribution < 1.29 is 14.3 Å². The Hall–Kier alpha value is -1.93. The number of amides is 1. The zero-order valence-electron chi connectivity index (χ0n) is 15.9. The molecule has 8 heteroatoms. The summed E-state index contributed by atoms with van der Waals surface area (Å²) in [4.78, 5) is 22.5. The van der Waals surface area contributed by atoms with Crippen LogP contribution < -0.4 is 5.01 Å². The number of hydrogen-bond acceptors (Lipinski definition) is 7. The van der Waals surface area contributed by atoms with Gasteiger partial charge in [0.15, 0.2) is 0 Å². The largest absolute Gasteiger partial charge is 0.444 e. The third kappa shape index (κ3) is 4.82. The molecule has 144 valence electrons. The zero-order valence-corrected chi connectivity index (χ0v) is 15.9. The molecular weight excluding hydrogens is 334 g/mol. The monoisotopic (exact) mass is 363 g/mol. The van der Waals surface area contributed by atoms with Crippen LogP contribution in [0.3, 0.4) is 0 Å². The number of carbonyl (C=O) groups excluding carboxylic acids is 1. The number of rotatable bonds is 3. The Bertz CT molecular complexity index is 578. The van der Waals surface area contributed by atoms with Crippen LogP contribution in [-0.2, 0) is 9.47 Å². The molecule has 0 N–H and O–H groups in total. The Morgan fingerprint density at radius 2 is 1.77 bits per heavy atom. The number of nitrogens with zero attached hydrogens (tertiary/aromatic N) is 5. The van der Waals surface area contributed by atoms with Crippen molar-refractivity contribution in [1.82, 2.24) is 19.9 Å². The molecule has 0 spiro atoms. The highest BCUT2D eigenvalue weighted by atomic mass is 16.6. The van der Waals surface area contributed by atoms with Crippen LogP contribution in [0.1, 0.15) is 33.6 Å². The molecule has 0 saturated carbocycles. The number of hydrogen-bond donors (Lipinski definition) is 0. The molecule has 0 aliphatic carbocycles. The fourth-order valence-electron chi connectivity index (χ4n) is 3.40. The van der Waals surface area contributed by atoms with Crippen LogP contribution in [0.15, 0.2) is 18.7 Å². The molecule has 1 aromatic heterocycles. The van der Waals surface area contributed by atoms with E-state index >= 15 is 0 Å². The summed E-state index contributed by atoms with van der Waals surface area (Å²) in [6, 6.07) is 0.304. The van der Waals surface area contributed by atoms with Crippen LogP contribution in [0, 0.1) is 0 Å². The molecule has 1 aromatic rings. The van der Waals surface area contributed by atoms with Crippen LogP contribution in [0.5, 0.6) is 0 Å². The van der Waals surface area contributed by atoms with Crippen LogP contribution in [0.2, 0.25) is 0 Å². The second-order valence-corrected chi connectivity index (χ2v) is 7.71. The third-order valence-corrected chi connectivity index (χ3v) is 4.57. The summed E-state index contributed by atoms with van der Waals surface area (Å²) in [5, 5.41) is 4.62. The second kappa shape index (κ2) is 8.18. The minimum absolute atomic E-state index is 0.225. The summed E-state index contributed by atoms with van der Waals surface area (Å²) in [5.41, 5.74) is 0.528. The number of hydrazine groups is 1. The molecule has 3 rings (SSSR count). The predicted octanol–water partition coefficient (Wildman–Crippen LogP) is 1.93. The summed E-state index contributed by atoms with van der Waals surface area (Å²) in [5.74, 6) is 0. The molecule has 1 amide bonds. The van der Waals surface area contributed by atoms with Gasteiger partial charge in [-0.05, 0) is 33.6 Å². The van der Waals surface area contributed by atoms with Crippen molar-refractivity contribution in [2.45, 2.75) is 45.3 Å². The second-order valence-electron chi connectivity index (χ2n) is 7.71. The molecule has 26 heavy (non-hydrogen) atoms. The van der Waals surface area contributed by atoms with Gasteiger partial charge in [-0.3, -0.25) is 5.01 Å². The van der Waals surface area contributed by atoms with E-state index < -0.39 is 5.60 Å². The van der Waals surface area contributed by atoms with Crippen LogP contribution in [0.25, 0.3) is 0 Å². The molecule has 2 aliphatic rings. The van der Waals surface area contributed by atoms with Crippen molar-refractivity contribution in [3.05, 3.63) is 18.7 Å². The van der Waals surface area contributed by atoms with Crippen molar-refractivity contribution >= 4 is 11.8 Å². The third-order valence-electron chi connectivity index (χ3n) is 4.57. The number of carbonyl (C=O) groups is 1. The molecule has 0 radical (unpaired) electrons. The highest BCUT2D eigenvalue weighted by Gasteiger charge is 2.33. The molecule has 2 fully saturated rings. The molecule has 0 atom stereocenters. The molecule has 0 aromatic carbocycles. The maximum Gasteiger partial charge on any atom is 0.410 e. The van der Waals surface area contributed by atoms with Crippen molar-refractivity contribution in [3.8, 4) is 0 Å². The highest BCUT2D eigenvalue weighted by Crippen LogP contribution is 2.26. The Kier molecular flexibility index (Phi) is 5.93. The smallest absolute Gasteiger partial charge is 0.410 e. The first-order valence-electron chi connectivity index (χ1n) is 9.29. The van der Waals surface area contributed by atoms with Gasteiger partial charge in [0.05, 0.1) is 31.3 Å². The summed E-state index contributed by atoms with van der Waals surface area (Å²) < 4.78 is 11.0. The van der Waals surface area contributed by atoms with E-state index in [0.717, 1.165) is 44.8 Å². The van der Waals surface area contributed by atoms with Crippen LogP contribution in [0.4, 0.5) is 10.5 Å². The van der Waals surface area contributed by atoms with Gasteiger partial charge in [-0.2, -0.15) is 0 Å². The number of anilines is 1. The van der Waals surface area contributed by atoms with Gasteiger partial charge < -0.3 is 14.4 Å². The molecule has 2 saturated heterocycles. The average molecular weight is 363 g/mol. The summed E-state index contributed by atoms with van der Waals surface area (Å²) >= 11 is 0. The van der Waals surface area contributed by atoms with Crippen LogP contribution in [-0.4, -0.2) is 77.0 Å². The standard InChI is InChI=1S/C18H29N5O3/c1-18(2,3)26-17(24)21-6-4-15(5-7-21)23(16-12-19-14-20-13-16)22-8-10-25-11-9-22/h12-15H,4-11H2,1-3H3. The van der Waals surface area contributed by atoms with E-state index in [1.165, 1.54) is 0 Å². The lowest BCUT2D eigenvalue weighted by Crippen LogP contribution is -2.57. The minimum Gasteiger partial charge on any atom is -0.444 e. The van der Waals surface area contributed by atoms with Crippen molar-refractivity contribution in [2.75, 3.05) is 44.4 Å². The molecule has 2 aliphatic heterocycles. The molecular formula is C18H29N5O3. The first kappa shape index (κ1) is 18.8. The lowest BCUT2D eigenvalue weighted by atomic mass is 10.0. The van der Waals surface area contributed by atoms with Gasteiger partial charge in [0.25, 0.3) is 0 Å². The molecule has 8 nitrogen and oxygen atoms in total. The zero-order chi connectivity index (χ0) is 18.6. The number of piperidine rings is 1. The number of morpholine rings is 1. The van der Waals surface area contributed by atoms with Crippen molar-refractivity contribution in [2.24, 2.45) is 0 Å². The van der Waals surface area contributed by atoms with Gasteiger partial charge in [0.1, 0.15) is 11.9 Å². The maximum absolute atomic E-state index is 12.3. The van der Waals surface area contributed by atoms with E-state index in [2.05, 4.69) is 20.0 Å². The van der Waals surface area contributed by atoms with Gasteiger partial charge in [0.2, 0.25) is 0 Å². The lowest BCUT2D eigenvalue weighted by Gasteiger charge is -2.46. The van der Waals surface area contributed by atoms with E-state index in [9.17, 15) is 4.79 Å². The first-order valence-corrected chi connectivity index (χ1v) is 9.29. The fraction of sp³-hybridized carbons (Fsp3) is 0.722. The van der Waals surface area contributed by atoms with Gasteiger partial charge in [-0.1, -0.05) is 0 Å². The lowest BCUT2D eigenvalue weighted by molar-refractivity contribution is 0.0109. The Balaban J connectivity index is 1.66. The fourth-order valence-corrected chi connectivity index (χ4v) is 3.40. The van der Waals surface area contributed by atoms with Gasteiger partial charge in [-0.15, -0.1) is 0 Å². The number of aromatic nitrogens is 2. The summed E-state index contributed by atoms with van der Waals surface area (Å²) in [6.45, 7) is 10.2. The van der Waals surface area contributed by atoms with Gasteiger partial charge in [-0.25, -0.2) is 19.8 Å². The van der Waals surface area contributed by atoms with Gasteiger partial charge >= 0.3 is 6.09 Å². The Morgan fingerprint density at radius 1 is 1.15 bits per heavy atom. The molecule has 0 unspecified atom stereocenters. The highest BCUT2D eigenvalue weighted by molar-refractivity contribution is 5.68. The van der Waals surface area contributed by atoms with E-state index in [1.54, 1.807) is 11.2 Å². The van der Waals surface area contributed by atoms with Crippen molar-refractivity contribution in [3.63, 3.8) is 0 Å². The van der Waals surface area contributed by atoms with Gasteiger partial charge in [0, 0.05) is 32.2 Å². The summed E-state index contributed by atoms with van der Waals surface area (Å²) in [7, 11) is 0. The Morgan fingerprint density at radius 3 is 2.35 bits per heavy atom.